The number of aliphatic hydroxyl groups excluding tert-OH is 1. The van der Waals surface area contributed by atoms with Crippen molar-refractivity contribution >= 4 is 39.1 Å². The Labute approximate surface area is 166 Å². The summed E-state index contributed by atoms with van der Waals surface area (Å²) in [4.78, 5) is 26.4. The number of amides is 1. The van der Waals surface area contributed by atoms with Crippen molar-refractivity contribution in [2.24, 2.45) is 0 Å². The number of nitrogen functional groups attached to an aromatic ring is 1. The van der Waals surface area contributed by atoms with E-state index in [1.54, 1.807) is 32.6 Å². The fourth-order valence-corrected chi connectivity index (χ4v) is 3.61. The Balaban J connectivity index is 2.28. The van der Waals surface area contributed by atoms with Gasteiger partial charge in [0.1, 0.15) is 15.5 Å². The second kappa shape index (κ2) is 7.56. The molecule has 9 nitrogen and oxygen atoms in total. The third-order valence-corrected chi connectivity index (χ3v) is 5.19. The van der Waals surface area contributed by atoms with E-state index in [1.165, 1.54) is 11.3 Å². The minimum atomic E-state index is -0.635. The van der Waals surface area contributed by atoms with Crippen LogP contribution in [0.4, 0.5) is 11.6 Å². The van der Waals surface area contributed by atoms with Crippen LogP contribution < -0.4 is 21.1 Å². The zero-order valence-electron chi connectivity index (χ0n) is 16.0. The molecule has 5 N–H and O–H groups in total. The molecule has 0 unspecified atom stereocenters. The second-order valence-electron chi connectivity index (χ2n) is 6.78. The molecule has 3 rings (SSSR count). The van der Waals surface area contributed by atoms with Gasteiger partial charge in [-0.3, -0.25) is 9.78 Å². The lowest BCUT2D eigenvalue weighted by molar-refractivity contribution is 0.0968. The van der Waals surface area contributed by atoms with E-state index in [9.17, 15) is 9.90 Å². The highest BCUT2D eigenvalue weighted by atomic mass is 32.1. The lowest BCUT2D eigenvalue weighted by Gasteiger charge is -2.23. The number of carbonyl (C=O) groups is 1. The quantitative estimate of drug-likeness (QED) is 0.491. The van der Waals surface area contributed by atoms with Gasteiger partial charge >= 0.3 is 0 Å². The number of methoxy groups -OCH3 is 1. The van der Waals surface area contributed by atoms with Crippen molar-refractivity contribution in [3.8, 4) is 17.0 Å². The van der Waals surface area contributed by atoms with E-state index in [0.717, 1.165) is 0 Å². The molecule has 148 valence electrons. The first-order chi connectivity index (χ1) is 13.3. The van der Waals surface area contributed by atoms with Gasteiger partial charge in [-0.1, -0.05) is 0 Å². The van der Waals surface area contributed by atoms with Gasteiger partial charge in [0.15, 0.2) is 0 Å². The van der Waals surface area contributed by atoms with E-state index in [4.69, 9.17) is 10.5 Å². The van der Waals surface area contributed by atoms with Crippen LogP contribution in [0.5, 0.6) is 5.75 Å². The number of ether oxygens (including phenoxy) is 1. The molecule has 0 aliphatic rings. The number of nitrogens with two attached hydrogens (primary N) is 1. The van der Waals surface area contributed by atoms with Crippen LogP contribution in [0.1, 0.15) is 23.5 Å². The van der Waals surface area contributed by atoms with E-state index in [-0.39, 0.29) is 12.5 Å². The monoisotopic (exact) mass is 402 g/mol. The van der Waals surface area contributed by atoms with E-state index in [1.807, 2.05) is 13.8 Å². The summed E-state index contributed by atoms with van der Waals surface area (Å²) < 4.78 is 5.26. The van der Waals surface area contributed by atoms with Crippen LogP contribution >= 0.6 is 11.3 Å². The van der Waals surface area contributed by atoms with Crippen LogP contribution in [0.15, 0.2) is 18.5 Å². The lowest BCUT2D eigenvalue weighted by atomic mass is 10.1. The Morgan fingerprint density at radius 1 is 1.36 bits per heavy atom. The molecule has 3 aromatic rings. The Bertz CT molecular complexity index is 1030. The van der Waals surface area contributed by atoms with Crippen LogP contribution in [0, 0.1) is 0 Å². The van der Waals surface area contributed by atoms with Gasteiger partial charge in [-0.15, -0.1) is 11.3 Å². The standard InChI is InChI=1S/C18H22N6O3S/c1-18(2,8-25)24-17-22-13(9-5-10(27-4)7-21-6-9)11-12(19)14(15(26)20-3)28-16(11)23-17/h5-7,25H,8,19H2,1-4H3,(H,20,26)(H,22,23,24). The summed E-state index contributed by atoms with van der Waals surface area (Å²) in [7, 11) is 3.09. The number of aliphatic hydroxyl groups is 1. The molecule has 0 radical (unpaired) electrons. The number of nitrogens with zero attached hydrogens (tertiary/aromatic N) is 3. The summed E-state index contributed by atoms with van der Waals surface area (Å²) in [6.45, 7) is 3.54. The first kappa shape index (κ1) is 19.8. The highest BCUT2D eigenvalue weighted by molar-refractivity contribution is 7.21. The number of rotatable bonds is 6. The molecule has 0 fully saturated rings. The van der Waals surface area contributed by atoms with Gasteiger partial charge in [0.25, 0.3) is 5.91 Å². The molecule has 0 saturated carbocycles. The van der Waals surface area contributed by atoms with Gasteiger partial charge < -0.3 is 26.2 Å². The highest BCUT2D eigenvalue weighted by Crippen LogP contribution is 2.39. The largest absolute Gasteiger partial charge is 0.495 e. The molecule has 0 aliphatic carbocycles. The van der Waals surface area contributed by atoms with Crippen molar-refractivity contribution < 1.29 is 14.6 Å². The van der Waals surface area contributed by atoms with Crippen molar-refractivity contribution in [3.63, 3.8) is 0 Å². The van der Waals surface area contributed by atoms with E-state index >= 15 is 0 Å². The van der Waals surface area contributed by atoms with Gasteiger partial charge in [0.2, 0.25) is 5.95 Å². The van der Waals surface area contributed by atoms with Gasteiger partial charge in [0.05, 0.1) is 42.2 Å². The summed E-state index contributed by atoms with van der Waals surface area (Å²) >= 11 is 1.18. The van der Waals surface area contributed by atoms with E-state index in [0.29, 0.717) is 43.7 Å². The maximum atomic E-state index is 12.2. The SMILES string of the molecule is CNC(=O)c1sc2nc(NC(C)(C)CO)nc(-c3cncc(OC)c3)c2c1N. The maximum Gasteiger partial charge on any atom is 0.263 e. The van der Waals surface area contributed by atoms with Gasteiger partial charge in [-0.2, -0.15) is 0 Å². The third kappa shape index (κ3) is 3.69. The number of hydrogen-bond acceptors (Lipinski definition) is 9. The maximum absolute atomic E-state index is 12.2. The molecule has 28 heavy (non-hydrogen) atoms. The van der Waals surface area contributed by atoms with Crippen molar-refractivity contribution in [1.29, 1.82) is 0 Å². The molecule has 0 aromatic carbocycles. The molecule has 0 bridgehead atoms. The molecular formula is C18H22N6O3S. The second-order valence-corrected chi connectivity index (χ2v) is 7.78. The average molecular weight is 402 g/mol. The van der Waals surface area contributed by atoms with Crippen molar-refractivity contribution in [3.05, 3.63) is 23.3 Å². The highest BCUT2D eigenvalue weighted by Gasteiger charge is 2.24. The molecule has 0 saturated heterocycles. The van der Waals surface area contributed by atoms with E-state index < -0.39 is 5.54 Å². The van der Waals surface area contributed by atoms with E-state index in [2.05, 4.69) is 25.6 Å². The first-order valence-electron chi connectivity index (χ1n) is 8.50. The van der Waals surface area contributed by atoms with Crippen molar-refractivity contribution in [2.75, 3.05) is 31.8 Å². The predicted molar refractivity (Wildman–Crippen MR) is 110 cm³/mol. The zero-order chi connectivity index (χ0) is 20.5. The van der Waals surface area contributed by atoms with Gasteiger partial charge in [-0.25, -0.2) is 9.97 Å². The van der Waals surface area contributed by atoms with Gasteiger partial charge in [-0.05, 0) is 19.9 Å². The van der Waals surface area contributed by atoms with Crippen LogP contribution in [0.3, 0.4) is 0 Å². The number of pyridine rings is 1. The van der Waals surface area contributed by atoms with Crippen LogP contribution in [0.2, 0.25) is 0 Å². The number of anilines is 2. The molecule has 0 atom stereocenters. The normalized spacial score (nSPS) is 11.5. The number of hydrogen-bond donors (Lipinski definition) is 4. The Hall–Kier alpha value is -2.98. The van der Waals surface area contributed by atoms with Gasteiger partial charge in [0, 0.05) is 18.8 Å². The Morgan fingerprint density at radius 3 is 2.75 bits per heavy atom. The zero-order valence-corrected chi connectivity index (χ0v) is 16.8. The fourth-order valence-electron chi connectivity index (χ4n) is 2.57. The number of thiophene rings is 1. The summed E-state index contributed by atoms with van der Waals surface area (Å²) in [6, 6.07) is 1.78. The predicted octanol–water partition coefficient (Wildman–Crippen LogP) is 1.89. The van der Waals surface area contributed by atoms with Crippen molar-refractivity contribution in [2.45, 2.75) is 19.4 Å². The third-order valence-electron chi connectivity index (χ3n) is 4.09. The number of carbonyl (C=O) groups excluding carboxylic acids is 1. The molecule has 0 aliphatic heterocycles. The number of aromatic nitrogens is 3. The number of fused-ring (bicyclic) bond motifs is 1. The molecule has 3 aromatic heterocycles. The molecule has 0 spiro atoms. The molecule has 10 heteroatoms. The molecular weight excluding hydrogens is 380 g/mol. The Morgan fingerprint density at radius 2 is 2.11 bits per heavy atom. The molecule has 3 heterocycles. The lowest BCUT2D eigenvalue weighted by Crippen LogP contribution is -2.35. The van der Waals surface area contributed by atoms with Crippen LogP contribution in [0.25, 0.3) is 21.5 Å². The summed E-state index contributed by atoms with van der Waals surface area (Å²) in [5.74, 6) is 0.587. The summed E-state index contributed by atoms with van der Waals surface area (Å²) in [5, 5.41) is 15.8. The number of nitrogens with one attached hydrogen (secondary N) is 2. The molecule has 1 amide bonds. The Kier molecular flexibility index (Phi) is 5.34. The summed E-state index contributed by atoms with van der Waals surface area (Å²) in [6.07, 6.45) is 3.23. The van der Waals surface area contributed by atoms with Crippen LogP contribution in [-0.4, -0.2) is 52.3 Å². The topological polar surface area (TPSA) is 135 Å². The summed E-state index contributed by atoms with van der Waals surface area (Å²) in [5.41, 5.74) is 7.16. The minimum Gasteiger partial charge on any atom is -0.495 e. The smallest absolute Gasteiger partial charge is 0.263 e. The fraction of sp³-hybridized carbons (Fsp3) is 0.333. The van der Waals surface area contributed by atoms with Crippen LogP contribution in [-0.2, 0) is 0 Å². The van der Waals surface area contributed by atoms with Crippen molar-refractivity contribution in [1.82, 2.24) is 20.3 Å². The average Bonchev–Trinajstić information content (AvgIpc) is 3.03. The first-order valence-corrected chi connectivity index (χ1v) is 9.32. The minimum absolute atomic E-state index is 0.111.